The molecule has 0 aliphatic heterocycles. The maximum Gasteiger partial charge on any atom is 0.0765 e. The van der Waals surface area contributed by atoms with E-state index in [9.17, 15) is 0 Å². The zero-order valence-electron chi connectivity index (χ0n) is 3.73. The van der Waals surface area contributed by atoms with Gasteiger partial charge < -0.3 is 11.1 Å². The minimum Gasteiger partial charge on any atom is -0.390 e. The summed E-state index contributed by atoms with van der Waals surface area (Å²) in [4.78, 5) is 0. The molecule has 0 aromatic heterocycles. The lowest BCUT2D eigenvalue weighted by atomic mass is 10.9. The fraction of sp³-hybridized carbons (Fsp3) is 0.333. The monoisotopic (exact) mass is 87.1 g/mol. The summed E-state index contributed by atoms with van der Waals surface area (Å²) in [6.45, 7) is 1.67. The van der Waals surface area contributed by atoms with Gasteiger partial charge in [-0.25, -0.2) is 0 Å². The third-order valence-corrected chi connectivity index (χ3v) is 0. The highest BCUT2D eigenvalue weighted by Crippen LogP contribution is 1.17. The predicted octanol–water partition coefficient (Wildman–Crippen LogP) is 0.208. The standard InChI is InChI=1S/C2H5N.CH4N2/c1-2-3;2-1-3/h2-3H,1H3;1H,(H3,2,3). The van der Waals surface area contributed by atoms with Gasteiger partial charge in [-0.2, -0.15) is 0 Å². The fourth-order valence-electron chi connectivity index (χ4n) is 0. The maximum absolute atomic E-state index is 6.08. The lowest BCUT2D eigenvalue weighted by molar-refractivity contribution is 1.52. The van der Waals surface area contributed by atoms with Gasteiger partial charge >= 0.3 is 0 Å². The molecule has 36 valence electrons. The van der Waals surface area contributed by atoms with E-state index in [1.165, 1.54) is 6.21 Å². The van der Waals surface area contributed by atoms with Crippen molar-refractivity contribution in [2.45, 2.75) is 6.92 Å². The second-order valence-corrected chi connectivity index (χ2v) is 0.455. The van der Waals surface area contributed by atoms with Crippen LogP contribution in [0.4, 0.5) is 0 Å². The van der Waals surface area contributed by atoms with Gasteiger partial charge in [0.1, 0.15) is 0 Å². The minimum absolute atomic E-state index is 0.750. The van der Waals surface area contributed by atoms with Crippen LogP contribution in [0.2, 0.25) is 0 Å². The number of rotatable bonds is 0. The molecule has 0 aliphatic rings. The maximum atomic E-state index is 6.08. The van der Waals surface area contributed by atoms with E-state index in [-0.39, 0.29) is 0 Å². The first-order chi connectivity index (χ1) is 2.83. The Morgan fingerprint density at radius 1 is 1.50 bits per heavy atom. The van der Waals surface area contributed by atoms with Crippen LogP contribution in [0.3, 0.4) is 0 Å². The SMILES string of the molecule is CC=N.N=CN. The first-order valence-corrected chi connectivity index (χ1v) is 1.49. The molecular formula is C3H9N3. The normalized spacial score (nSPS) is 4.17. The molecule has 0 aromatic rings. The van der Waals surface area contributed by atoms with Gasteiger partial charge in [-0.1, -0.05) is 0 Å². The minimum atomic E-state index is 0.750. The Hall–Kier alpha value is -0.860. The molecule has 0 fully saturated rings. The molecule has 0 unspecified atom stereocenters. The Kier molecular flexibility index (Phi) is 46.8. The zero-order chi connectivity index (χ0) is 5.41. The van der Waals surface area contributed by atoms with Gasteiger partial charge in [0.05, 0.1) is 6.34 Å². The van der Waals surface area contributed by atoms with E-state index in [4.69, 9.17) is 10.8 Å². The topological polar surface area (TPSA) is 73.7 Å². The Balaban J connectivity index is 0. The van der Waals surface area contributed by atoms with Crippen molar-refractivity contribution in [1.82, 2.24) is 0 Å². The molecule has 6 heavy (non-hydrogen) atoms. The summed E-state index contributed by atoms with van der Waals surface area (Å²) in [5, 5.41) is 11.9. The smallest absolute Gasteiger partial charge is 0.0765 e. The van der Waals surface area contributed by atoms with Gasteiger partial charge in [0.15, 0.2) is 0 Å². The van der Waals surface area contributed by atoms with Crippen LogP contribution >= 0.6 is 0 Å². The van der Waals surface area contributed by atoms with E-state index in [1.54, 1.807) is 6.92 Å². The molecule has 0 atom stereocenters. The van der Waals surface area contributed by atoms with E-state index in [2.05, 4.69) is 5.73 Å². The Morgan fingerprint density at radius 2 is 1.50 bits per heavy atom. The quantitative estimate of drug-likeness (QED) is 0.286. The lowest BCUT2D eigenvalue weighted by Crippen LogP contribution is -1.81. The lowest BCUT2D eigenvalue weighted by Gasteiger charge is -1.38. The van der Waals surface area contributed by atoms with Crippen molar-refractivity contribution >= 4 is 12.6 Å². The number of nitrogens with one attached hydrogen (secondary N) is 2. The van der Waals surface area contributed by atoms with Gasteiger partial charge in [0.2, 0.25) is 0 Å². The summed E-state index contributed by atoms with van der Waals surface area (Å²) in [7, 11) is 0. The van der Waals surface area contributed by atoms with Crippen molar-refractivity contribution in [2.75, 3.05) is 0 Å². The van der Waals surface area contributed by atoms with Crippen LogP contribution in [0.5, 0.6) is 0 Å². The molecular weight excluding hydrogens is 78.1 g/mol. The van der Waals surface area contributed by atoms with Crippen LogP contribution in [-0.4, -0.2) is 12.6 Å². The van der Waals surface area contributed by atoms with Crippen molar-refractivity contribution in [1.29, 1.82) is 10.8 Å². The van der Waals surface area contributed by atoms with E-state index in [1.807, 2.05) is 0 Å². The van der Waals surface area contributed by atoms with Crippen molar-refractivity contribution in [3.8, 4) is 0 Å². The van der Waals surface area contributed by atoms with Crippen molar-refractivity contribution in [3.63, 3.8) is 0 Å². The predicted molar refractivity (Wildman–Crippen MR) is 27.4 cm³/mol. The summed E-state index contributed by atoms with van der Waals surface area (Å²) in [6, 6.07) is 0. The summed E-state index contributed by atoms with van der Waals surface area (Å²) in [6.07, 6.45) is 2.00. The average Bonchev–Trinajstić information content (AvgIpc) is 1.39. The average molecular weight is 87.1 g/mol. The summed E-state index contributed by atoms with van der Waals surface area (Å²) in [5.74, 6) is 0. The van der Waals surface area contributed by atoms with Gasteiger partial charge in [0, 0.05) is 0 Å². The van der Waals surface area contributed by atoms with E-state index in [0.717, 1.165) is 6.34 Å². The Labute approximate surface area is 37.2 Å². The van der Waals surface area contributed by atoms with Gasteiger partial charge in [-0.05, 0) is 13.1 Å². The molecule has 0 saturated carbocycles. The number of nitrogens with two attached hydrogens (primary N) is 1. The highest BCUT2D eigenvalue weighted by atomic mass is 14.6. The van der Waals surface area contributed by atoms with E-state index in [0.29, 0.717) is 0 Å². The van der Waals surface area contributed by atoms with Gasteiger partial charge in [0.25, 0.3) is 0 Å². The highest BCUT2D eigenvalue weighted by Gasteiger charge is 1.17. The molecule has 3 heteroatoms. The van der Waals surface area contributed by atoms with Crippen LogP contribution in [0.25, 0.3) is 0 Å². The van der Waals surface area contributed by atoms with Crippen LogP contribution in [0, 0.1) is 10.8 Å². The molecule has 3 nitrogen and oxygen atoms in total. The van der Waals surface area contributed by atoms with E-state index >= 15 is 0 Å². The molecule has 0 spiro atoms. The largest absolute Gasteiger partial charge is 0.390 e. The zero-order valence-corrected chi connectivity index (χ0v) is 3.73. The summed E-state index contributed by atoms with van der Waals surface area (Å²) >= 11 is 0. The number of hydrogen-bond acceptors (Lipinski definition) is 2. The van der Waals surface area contributed by atoms with Crippen molar-refractivity contribution in [3.05, 3.63) is 0 Å². The fourth-order valence-corrected chi connectivity index (χ4v) is 0. The Morgan fingerprint density at radius 3 is 1.50 bits per heavy atom. The second kappa shape index (κ2) is 31.4. The molecule has 0 rings (SSSR count). The molecule has 0 aliphatic carbocycles. The van der Waals surface area contributed by atoms with Gasteiger partial charge in [-0.3, -0.25) is 5.41 Å². The summed E-state index contributed by atoms with van der Waals surface area (Å²) in [5.41, 5.74) is 4.39. The van der Waals surface area contributed by atoms with Gasteiger partial charge in [-0.15, -0.1) is 0 Å². The first kappa shape index (κ1) is 8.94. The van der Waals surface area contributed by atoms with Crippen LogP contribution in [0.1, 0.15) is 6.92 Å². The third-order valence-electron chi connectivity index (χ3n) is 0. The molecule has 0 heterocycles. The molecule has 0 radical (unpaired) electrons. The summed E-state index contributed by atoms with van der Waals surface area (Å²) < 4.78 is 0. The first-order valence-electron chi connectivity index (χ1n) is 1.49. The van der Waals surface area contributed by atoms with Crippen LogP contribution in [0.15, 0.2) is 0 Å². The van der Waals surface area contributed by atoms with Crippen molar-refractivity contribution < 1.29 is 0 Å². The molecule has 0 aromatic carbocycles. The number of hydrogen-bond donors (Lipinski definition) is 3. The molecule has 0 saturated heterocycles. The highest BCUT2D eigenvalue weighted by molar-refractivity contribution is 5.48. The third kappa shape index (κ3) is 19.4. The molecule has 0 amide bonds. The van der Waals surface area contributed by atoms with E-state index < -0.39 is 0 Å². The van der Waals surface area contributed by atoms with Crippen LogP contribution < -0.4 is 5.73 Å². The van der Waals surface area contributed by atoms with Crippen molar-refractivity contribution in [2.24, 2.45) is 5.73 Å². The molecule has 0 bridgehead atoms. The molecule has 4 N–H and O–H groups in total. The second-order valence-electron chi connectivity index (χ2n) is 0.455. The van der Waals surface area contributed by atoms with Crippen LogP contribution in [-0.2, 0) is 0 Å². The Bertz CT molecular complexity index is 27.0.